The zero-order valence-corrected chi connectivity index (χ0v) is 12.6. The normalized spacial score (nSPS) is 39.1. The van der Waals surface area contributed by atoms with Crippen molar-refractivity contribution in [3.8, 4) is 0 Å². The molecule has 0 amide bonds. The largest absolute Gasteiger partial charge is 0.266 e. The molecule has 20 heavy (non-hydrogen) atoms. The zero-order chi connectivity index (χ0) is 14.0. The van der Waals surface area contributed by atoms with Crippen LogP contribution in [-0.2, 0) is 15.6 Å². The molecule has 1 aromatic heterocycles. The van der Waals surface area contributed by atoms with Crippen molar-refractivity contribution in [3.05, 3.63) is 12.3 Å². The van der Waals surface area contributed by atoms with Crippen LogP contribution in [-0.4, -0.2) is 24.5 Å². The van der Waals surface area contributed by atoms with Crippen LogP contribution < -0.4 is 4.72 Å². The molecule has 0 atom stereocenters. The van der Waals surface area contributed by atoms with E-state index in [0.717, 1.165) is 24.0 Å². The summed E-state index contributed by atoms with van der Waals surface area (Å²) < 4.78 is 27.1. The minimum atomic E-state index is -3.25. The summed E-state index contributed by atoms with van der Waals surface area (Å²) in [5.41, 5.74) is 0.159. The highest BCUT2D eigenvalue weighted by molar-refractivity contribution is 7.92. The van der Waals surface area contributed by atoms with Crippen molar-refractivity contribution >= 4 is 15.8 Å². The second-order valence-corrected chi connectivity index (χ2v) is 8.91. The highest BCUT2D eigenvalue weighted by atomic mass is 32.2. The van der Waals surface area contributed by atoms with Crippen molar-refractivity contribution in [3.63, 3.8) is 0 Å². The molecule has 4 aliphatic carbocycles. The third-order valence-corrected chi connectivity index (χ3v) is 5.95. The highest BCUT2D eigenvalue weighted by Crippen LogP contribution is 2.58. The SMILES string of the molecule is CS(=O)(=O)Nc1ccn(C23CC4CC(CC(C4)C2)C3)n1. The van der Waals surface area contributed by atoms with Crippen LogP contribution in [0.15, 0.2) is 12.3 Å². The minimum absolute atomic E-state index is 0.159. The van der Waals surface area contributed by atoms with Crippen LogP contribution in [0.2, 0.25) is 0 Å². The smallest absolute Gasteiger partial charge is 0.231 e. The summed E-state index contributed by atoms with van der Waals surface area (Å²) >= 11 is 0. The molecule has 4 aliphatic rings. The van der Waals surface area contributed by atoms with E-state index in [1.54, 1.807) is 6.07 Å². The van der Waals surface area contributed by atoms with Gasteiger partial charge in [0.1, 0.15) is 0 Å². The van der Waals surface area contributed by atoms with Gasteiger partial charge >= 0.3 is 0 Å². The summed E-state index contributed by atoms with van der Waals surface area (Å²) in [5.74, 6) is 3.02. The van der Waals surface area contributed by atoms with Gasteiger partial charge in [0.2, 0.25) is 10.0 Å². The summed E-state index contributed by atoms with van der Waals surface area (Å²) in [6, 6.07) is 1.78. The predicted molar refractivity (Wildman–Crippen MR) is 76.8 cm³/mol. The Morgan fingerprint density at radius 2 is 1.75 bits per heavy atom. The molecule has 5 nitrogen and oxygen atoms in total. The van der Waals surface area contributed by atoms with Crippen molar-refractivity contribution in [1.82, 2.24) is 9.78 Å². The summed E-state index contributed by atoms with van der Waals surface area (Å²) in [4.78, 5) is 0. The van der Waals surface area contributed by atoms with E-state index >= 15 is 0 Å². The van der Waals surface area contributed by atoms with Gasteiger partial charge in [-0.05, 0) is 56.3 Å². The van der Waals surface area contributed by atoms with Gasteiger partial charge in [-0.2, -0.15) is 5.10 Å². The molecular formula is C14H21N3O2S. The van der Waals surface area contributed by atoms with Crippen molar-refractivity contribution in [1.29, 1.82) is 0 Å². The maximum absolute atomic E-state index is 11.3. The van der Waals surface area contributed by atoms with Gasteiger partial charge in [0, 0.05) is 12.3 Å². The Labute approximate surface area is 119 Å². The maximum Gasteiger partial charge on any atom is 0.231 e. The number of anilines is 1. The van der Waals surface area contributed by atoms with Crippen molar-refractivity contribution in [2.24, 2.45) is 17.8 Å². The van der Waals surface area contributed by atoms with Gasteiger partial charge in [0.25, 0.3) is 0 Å². The van der Waals surface area contributed by atoms with Crippen molar-refractivity contribution < 1.29 is 8.42 Å². The molecule has 4 saturated carbocycles. The molecule has 0 saturated heterocycles. The molecule has 1 heterocycles. The fourth-order valence-electron chi connectivity index (χ4n) is 5.18. The van der Waals surface area contributed by atoms with Crippen LogP contribution >= 0.6 is 0 Å². The number of hydrogen-bond donors (Lipinski definition) is 1. The molecule has 0 aliphatic heterocycles. The Bertz CT molecular complexity index is 599. The van der Waals surface area contributed by atoms with E-state index in [-0.39, 0.29) is 5.54 Å². The van der Waals surface area contributed by atoms with E-state index in [0.29, 0.717) is 5.82 Å². The molecule has 4 fully saturated rings. The van der Waals surface area contributed by atoms with Crippen molar-refractivity contribution in [2.75, 3.05) is 11.0 Å². The fourth-order valence-corrected chi connectivity index (χ4v) is 5.67. The van der Waals surface area contributed by atoms with E-state index in [9.17, 15) is 8.42 Å². The summed E-state index contributed by atoms with van der Waals surface area (Å²) in [7, 11) is -3.25. The Kier molecular flexibility index (Phi) is 2.53. The standard InChI is InChI=1S/C14H21N3O2S/c1-20(18,19)16-13-2-3-17(15-13)14-7-10-4-11(8-14)6-12(5-10)9-14/h2-3,10-12H,4-9H2,1H3,(H,15,16). The van der Waals surface area contributed by atoms with E-state index in [2.05, 4.69) is 14.5 Å². The molecular weight excluding hydrogens is 274 g/mol. The van der Waals surface area contributed by atoms with E-state index in [1.165, 1.54) is 38.5 Å². The molecule has 1 N–H and O–H groups in total. The maximum atomic E-state index is 11.3. The first kappa shape index (κ1) is 12.7. The lowest BCUT2D eigenvalue weighted by molar-refractivity contribution is -0.0492. The third kappa shape index (κ3) is 2.05. The van der Waals surface area contributed by atoms with E-state index in [4.69, 9.17) is 0 Å². The summed E-state index contributed by atoms with van der Waals surface area (Å²) in [5, 5.41) is 4.51. The van der Waals surface area contributed by atoms with Crippen LogP contribution in [0.5, 0.6) is 0 Å². The Balaban J connectivity index is 1.64. The molecule has 0 aromatic carbocycles. The zero-order valence-electron chi connectivity index (χ0n) is 11.7. The molecule has 6 heteroatoms. The van der Waals surface area contributed by atoms with Gasteiger partial charge in [0.05, 0.1) is 11.8 Å². The van der Waals surface area contributed by atoms with Crippen LogP contribution in [0.25, 0.3) is 0 Å². The number of sulfonamides is 1. The van der Waals surface area contributed by atoms with Gasteiger partial charge in [-0.3, -0.25) is 9.40 Å². The predicted octanol–water partition coefficient (Wildman–Crippen LogP) is 2.18. The quantitative estimate of drug-likeness (QED) is 0.929. The molecule has 0 radical (unpaired) electrons. The average Bonchev–Trinajstić information content (AvgIpc) is 2.73. The number of nitrogens with zero attached hydrogens (tertiary/aromatic N) is 2. The second-order valence-electron chi connectivity index (χ2n) is 7.16. The van der Waals surface area contributed by atoms with Crippen LogP contribution in [0.3, 0.4) is 0 Å². The molecule has 1 aromatic rings. The number of aromatic nitrogens is 2. The first-order valence-electron chi connectivity index (χ1n) is 7.46. The molecule has 0 spiro atoms. The number of hydrogen-bond acceptors (Lipinski definition) is 3. The first-order chi connectivity index (χ1) is 9.42. The fraction of sp³-hybridized carbons (Fsp3) is 0.786. The first-order valence-corrected chi connectivity index (χ1v) is 9.35. The topological polar surface area (TPSA) is 64.0 Å². The molecule has 4 bridgehead atoms. The van der Waals surface area contributed by atoms with Crippen molar-refractivity contribution in [2.45, 2.75) is 44.1 Å². The lowest BCUT2D eigenvalue weighted by atomic mass is 9.53. The van der Waals surface area contributed by atoms with E-state index in [1.807, 2.05) is 6.20 Å². The minimum Gasteiger partial charge on any atom is -0.266 e. The number of rotatable bonds is 3. The van der Waals surface area contributed by atoms with Crippen LogP contribution in [0.1, 0.15) is 38.5 Å². The Hall–Kier alpha value is -1.04. The van der Waals surface area contributed by atoms with Gasteiger partial charge in [0.15, 0.2) is 5.82 Å². The lowest BCUT2D eigenvalue weighted by Crippen LogP contribution is -2.52. The lowest BCUT2D eigenvalue weighted by Gasteiger charge is -2.56. The highest BCUT2D eigenvalue weighted by Gasteiger charge is 2.52. The van der Waals surface area contributed by atoms with Gasteiger partial charge in [-0.1, -0.05) is 0 Å². The third-order valence-electron chi connectivity index (χ3n) is 5.37. The van der Waals surface area contributed by atoms with E-state index < -0.39 is 10.0 Å². The second kappa shape index (κ2) is 4.00. The Morgan fingerprint density at radius 1 is 1.20 bits per heavy atom. The molecule has 110 valence electrons. The van der Waals surface area contributed by atoms with Gasteiger partial charge < -0.3 is 0 Å². The Morgan fingerprint density at radius 3 is 2.25 bits per heavy atom. The van der Waals surface area contributed by atoms with Crippen LogP contribution in [0.4, 0.5) is 5.82 Å². The number of nitrogens with one attached hydrogen (secondary N) is 1. The summed E-state index contributed by atoms with van der Waals surface area (Å²) in [6.45, 7) is 0. The molecule has 0 unspecified atom stereocenters. The summed E-state index contributed by atoms with van der Waals surface area (Å²) in [6.07, 6.45) is 11.0. The molecule has 5 rings (SSSR count). The monoisotopic (exact) mass is 295 g/mol. The average molecular weight is 295 g/mol. The van der Waals surface area contributed by atoms with Crippen LogP contribution in [0, 0.1) is 17.8 Å². The van der Waals surface area contributed by atoms with Gasteiger partial charge in [-0.15, -0.1) is 0 Å². The van der Waals surface area contributed by atoms with Gasteiger partial charge in [-0.25, -0.2) is 8.42 Å².